The zero-order valence-corrected chi connectivity index (χ0v) is 13.9. The number of nitrogens with one attached hydrogen (secondary N) is 2. The van der Waals surface area contributed by atoms with Gasteiger partial charge in [-0.3, -0.25) is 15.6 Å². The van der Waals surface area contributed by atoms with Crippen LogP contribution >= 0.6 is 0 Å². The van der Waals surface area contributed by atoms with Crippen LogP contribution in [0.15, 0.2) is 30.3 Å². The van der Waals surface area contributed by atoms with Gasteiger partial charge in [0.25, 0.3) is 5.91 Å². The quantitative estimate of drug-likeness (QED) is 0.695. The van der Waals surface area contributed by atoms with Crippen molar-refractivity contribution in [1.82, 2.24) is 24.9 Å². The third-order valence-corrected chi connectivity index (χ3v) is 3.51. The largest absolute Gasteiger partial charge is 0.449 e. The molecule has 3 rings (SSSR count). The Morgan fingerprint density at radius 3 is 2.42 bits per heavy atom. The molecule has 2 heterocycles. The minimum atomic E-state index is -4.68. The van der Waals surface area contributed by atoms with E-state index in [9.17, 15) is 18.0 Å². The maximum atomic E-state index is 13.2. The van der Waals surface area contributed by atoms with Crippen molar-refractivity contribution in [3.63, 3.8) is 0 Å². The Morgan fingerprint density at radius 1 is 1.12 bits per heavy atom. The van der Waals surface area contributed by atoms with Gasteiger partial charge in [-0.1, -0.05) is 12.1 Å². The second kappa shape index (κ2) is 6.62. The number of amides is 1. The first-order valence-electron chi connectivity index (χ1n) is 7.63. The molecule has 2 N–H and O–H groups in total. The standard InChI is InChI=1S/C16H15F3N6O/c1-9-7-10(2)21-15(20-9)24-23-13(26)8-25-12-6-4-3-5-11(12)22-14(25)16(17,18)19/h3-7H,8H2,1-2H3,(H,23,26)(H,20,21,24). The highest BCUT2D eigenvalue weighted by molar-refractivity contribution is 5.81. The minimum Gasteiger partial charge on any atom is -0.311 e. The second-order valence-corrected chi connectivity index (χ2v) is 5.66. The van der Waals surface area contributed by atoms with Crippen LogP contribution in [0, 0.1) is 13.8 Å². The predicted octanol–water partition coefficient (Wildman–Crippen LogP) is 2.61. The smallest absolute Gasteiger partial charge is 0.311 e. The Hall–Kier alpha value is -3.17. The van der Waals surface area contributed by atoms with E-state index in [2.05, 4.69) is 25.8 Å². The van der Waals surface area contributed by atoms with E-state index in [1.54, 1.807) is 32.0 Å². The number of fused-ring (bicyclic) bond motifs is 1. The average molecular weight is 364 g/mol. The Balaban J connectivity index is 1.80. The lowest BCUT2D eigenvalue weighted by atomic mass is 10.3. The number of hydrogen-bond donors (Lipinski definition) is 2. The normalized spacial score (nSPS) is 11.6. The number of hydrogen-bond acceptors (Lipinski definition) is 5. The van der Waals surface area contributed by atoms with E-state index in [1.807, 2.05) is 0 Å². The number of rotatable bonds is 4. The van der Waals surface area contributed by atoms with E-state index < -0.39 is 24.5 Å². The summed E-state index contributed by atoms with van der Waals surface area (Å²) < 4.78 is 40.5. The van der Waals surface area contributed by atoms with Crippen molar-refractivity contribution in [3.05, 3.63) is 47.5 Å². The molecule has 10 heteroatoms. The Bertz CT molecular complexity index is 946. The Labute approximate surface area is 146 Å². The summed E-state index contributed by atoms with van der Waals surface area (Å²) in [6, 6.07) is 7.85. The van der Waals surface area contributed by atoms with E-state index in [1.165, 1.54) is 12.1 Å². The molecule has 0 saturated carbocycles. The van der Waals surface area contributed by atoms with Gasteiger partial charge < -0.3 is 4.57 Å². The van der Waals surface area contributed by atoms with E-state index in [0.717, 1.165) is 4.57 Å². The van der Waals surface area contributed by atoms with E-state index in [-0.39, 0.29) is 17.0 Å². The van der Waals surface area contributed by atoms with Gasteiger partial charge in [0.05, 0.1) is 11.0 Å². The fourth-order valence-corrected chi connectivity index (χ4v) is 2.54. The molecule has 0 fully saturated rings. The predicted molar refractivity (Wildman–Crippen MR) is 88.0 cm³/mol. The fraction of sp³-hybridized carbons (Fsp3) is 0.250. The Morgan fingerprint density at radius 2 is 1.77 bits per heavy atom. The van der Waals surface area contributed by atoms with Crippen molar-refractivity contribution in [2.45, 2.75) is 26.6 Å². The molecule has 0 saturated heterocycles. The van der Waals surface area contributed by atoms with Gasteiger partial charge in [0.15, 0.2) is 0 Å². The number of hydrazine groups is 1. The van der Waals surface area contributed by atoms with Gasteiger partial charge in [-0.2, -0.15) is 13.2 Å². The number of nitrogens with zero attached hydrogens (tertiary/aromatic N) is 4. The molecule has 0 unspecified atom stereocenters. The van der Waals surface area contributed by atoms with Crippen LogP contribution in [0.3, 0.4) is 0 Å². The van der Waals surface area contributed by atoms with Crippen molar-refractivity contribution in [3.8, 4) is 0 Å². The zero-order chi connectivity index (χ0) is 18.9. The van der Waals surface area contributed by atoms with Crippen molar-refractivity contribution in [1.29, 1.82) is 0 Å². The van der Waals surface area contributed by atoms with E-state index >= 15 is 0 Å². The van der Waals surface area contributed by atoms with Crippen LogP contribution in [0.2, 0.25) is 0 Å². The summed E-state index contributed by atoms with van der Waals surface area (Å²) in [5, 5.41) is 0. The molecule has 0 aliphatic rings. The molecular formula is C16H15F3N6O. The number of benzene rings is 1. The van der Waals surface area contributed by atoms with E-state index in [0.29, 0.717) is 11.4 Å². The molecule has 2 aromatic heterocycles. The number of para-hydroxylation sites is 2. The Kier molecular flexibility index (Phi) is 4.49. The van der Waals surface area contributed by atoms with Crippen LogP contribution in [0.5, 0.6) is 0 Å². The lowest BCUT2D eigenvalue weighted by molar-refractivity contribution is -0.147. The molecule has 1 aromatic carbocycles. The summed E-state index contributed by atoms with van der Waals surface area (Å²) in [4.78, 5) is 23.9. The number of aryl methyl sites for hydroxylation is 2. The first kappa shape index (κ1) is 17.6. The van der Waals surface area contributed by atoms with Crippen molar-refractivity contribution < 1.29 is 18.0 Å². The topological polar surface area (TPSA) is 84.7 Å². The number of anilines is 1. The van der Waals surface area contributed by atoms with Gasteiger partial charge in [-0.25, -0.2) is 15.0 Å². The summed E-state index contributed by atoms with van der Waals surface area (Å²) in [7, 11) is 0. The van der Waals surface area contributed by atoms with Gasteiger partial charge >= 0.3 is 6.18 Å². The van der Waals surface area contributed by atoms with Crippen LogP contribution in [-0.4, -0.2) is 25.4 Å². The van der Waals surface area contributed by atoms with Gasteiger partial charge in [-0.05, 0) is 32.0 Å². The van der Waals surface area contributed by atoms with Gasteiger partial charge in [0.1, 0.15) is 6.54 Å². The van der Waals surface area contributed by atoms with E-state index in [4.69, 9.17) is 0 Å². The second-order valence-electron chi connectivity index (χ2n) is 5.66. The SMILES string of the molecule is Cc1cc(C)nc(NNC(=O)Cn2c(C(F)(F)F)nc3ccccc32)n1. The first-order valence-corrected chi connectivity index (χ1v) is 7.63. The average Bonchev–Trinajstić information content (AvgIpc) is 2.91. The lowest BCUT2D eigenvalue weighted by Crippen LogP contribution is -2.34. The van der Waals surface area contributed by atoms with Gasteiger partial charge in [-0.15, -0.1) is 0 Å². The molecule has 0 spiro atoms. The van der Waals surface area contributed by atoms with Crippen LogP contribution in [0.4, 0.5) is 19.1 Å². The van der Waals surface area contributed by atoms with Crippen LogP contribution in [0.1, 0.15) is 17.2 Å². The molecule has 0 radical (unpaired) electrons. The molecule has 0 aliphatic heterocycles. The molecule has 0 aliphatic carbocycles. The number of halogens is 3. The molecule has 136 valence electrons. The molecule has 1 amide bonds. The maximum Gasteiger partial charge on any atom is 0.449 e. The van der Waals surface area contributed by atoms with Crippen molar-refractivity contribution >= 4 is 22.9 Å². The monoisotopic (exact) mass is 364 g/mol. The van der Waals surface area contributed by atoms with Crippen LogP contribution in [-0.2, 0) is 17.5 Å². The molecule has 0 atom stereocenters. The molecule has 26 heavy (non-hydrogen) atoms. The number of aromatic nitrogens is 4. The van der Waals surface area contributed by atoms with Crippen molar-refractivity contribution in [2.75, 3.05) is 5.43 Å². The lowest BCUT2D eigenvalue weighted by Gasteiger charge is -2.12. The zero-order valence-electron chi connectivity index (χ0n) is 13.9. The third kappa shape index (κ3) is 3.73. The summed E-state index contributed by atoms with van der Waals surface area (Å²) in [6.07, 6.45) is -4.68. The molecular weight excluding hydrogens is 349 g/mol. The van der Waals surface area contributed by atoms with Gasteiger partial charge in [0, 0.05) is 11.4 Å². The summed E-state index contributed by atoms with van der Waals surface area (Å²) in [6.45, 7) is 2.96. The molecule has 7 nitrogen and oxygen atoms in total. The number of alkyl halides is 3. The highest BCUT2D eigenvalue weighted by Crippen LogP contribution is 2.31. The maximum absolute atomic E-state index is 13.2. The number of imidazole rings is 1. The van der Waals surface area contributed by atoms with Crippen LogP contribution < -0.4 is 10.9 Å². The van der Waals surface area contributed by atoms with Gasteiger partial charge in [0.2, 0.25) is 11.8 Å². The molecule has 3 aromatic rings. The summed E-state index contributed by atoms with van der Waals surface area (Å²) in [5.74, 6) is -1.67. The van der Waals surface area contributed by atoms with Crippen LogP contribution in [0.25, 0.3) is 11.0 Å². The fourth-order valence-electron chi connectivity index (χ4n) is 2.54. The highest BCUT2D eigenvalue weighted by atomic mass is 19.4. The van der Waals surface area contributed by atoms with Crippen molar-refractivity contribution in [2.24, 2.45) is 0 Å². The minimum absolute atomic E-state index is 0.155. The summed E-state index contributed by atoms with van der Waals surface area (Å²) in [5.41, 5.74) is 6.58. The third-order valence-electron chi connectivity index (χ3n) is 3.51. The highest BCUT2D eigenvalue weighted by Gasteiger charge is 2.37. The number of carbonyl (C=O) groups is 1. The molecule has 0 bridgehead atoms. The first-order chi connectivity index (χ1) is 12.2. The number of carbonyl (C=O) groups excluding carboxylic acids is 1. The summed E-state index contributed by atoms with van der Waals surface area (Å²) >= 11 is 0.